The molecule has 0 aromatic heterocycles. The number of carbonyl (C=O) groups excluding carboxylic acids is 1. The van der Waals surface area contributed by atoms with Gasteiger partial charge in [0.05, 0.1) is 12.5 Å². The lowest BCUT2D eigenvalue weighted by Crippen LogP contribution is -2.35. The molecule has 0 atom stereocenters. The number of benzene rings is 1. The second-order valence-corrected chi connectivity index (χ2v) is 6.27. The van der Waals surface area contributed by atoms with Crippen LogP contribution in [0.25, 0.3) is 6.08 Å². The summed E-state index contributed by atoms with van der Waals surface area (Å²) in [7, 11) is 1.45. The number of carboxylic acids is 1. The molecule has 6 heteroatoms. The number of ether oxygens (including phenoxy) is 2. The van der Waals surface area contributed by atoms with Crippen molar-refractivity contribution in [3.05, 3.63) is 29.8 Å². The molecule has 0 radical (unpaired) electrons. The number of carboxylic acid groups (broad SMARTS) is 1. The summed E-state index contributed by atoms with van der Waals surface area (Å²) in [5.74, 6) is -0.911. The maximum absolute atomic E-state index is 11.9. The van der Waals surface area contributed by atoms with E-state index in [1.165, 1.54) is 19.3 Å². The quantitative estimate of drug-likeness (QED) is 0.635. The minimum absolute atomic E-state index is 0.0286. The Labute approximate surface area is 140 Å². The molecule has 24 heavy (non-hydrogen) atoms. The van der Waals surface area contributed by atoms with Gasteiger partial charge < -0.3 is 19.7 Å². The summed E-state index contributed by atoms with van der Waals surface area (Å²) in [6, 6.07) is 4.75. The smallest absolute Gasteiger partial charge is 0.331 e. The highest BCUT2D eigenvalue weighted by Gasteiger charge is 2.38. The van der Waals surface area contributed by atoms with Gasteiger partial charge in [0.2, 0.25) is 0 Å². The predicted octanol–water partition coefficient (Wildman–Crippen LogP) is 2.99. The number of aromatic hydroxyl groups is 1. The maximum atomic E-state index is 11.9. The minimum Gasteiger partial charge on any atom is -0.504 e. The third-order valence-corrected chi connectivity index (χ3v) is 4.45. The molecule has 1 aliphatic carbocycles. The average Bonchev–Trinajstić information content (AvgIpc) is 2.56. The fourth-order valence-electron chi connectivity index (χ4n) is 2.73. The highest BCUT2D eigenvalue weighted by atomic mass is 16.5. The fraction of sp³-hybridized carbons (Fsp3) is 0.444. The lowest BCUT2D eigenvalue weighted by atomic mass is 9.75. The van der Waals surface area contributed by atoms with Crippen LogP contribution in [0.5, 0.6) is 11.5 Å². The number of aliphatic carboxylic acids is 1. The second-order valence-electron chi connectivity index (χ2n) is 6.27. The van der Waals surface area contributed by atoms with E-state index in [2.05, 4.69) is 0 Å². The van der Waals surface area contributed by atoms with Crippen LogP contribution in [0.3, 0.4) is 0 Å². The van der Waals surface area contributed by atoms with E-state index in [1.807, 2.05) is 0 Å². The van der Waals surface area contributed by atoms with Gasteiger partial charge in [-0.3, -0.25) is 4.79 Å². The molecule has 1 saturated carbocycles. The molecule has 0 heterocycles. The summed E-state index contributed by atoms with van der Waals surface area (Å²) >= 11 is 0. The van der Waals surface area contributed by atoms with Crippen LogP contribution in [-0.4, -0.2) is 35.4 Å². The summed E-state index contributed by atoms with van der Waals surface area (Å²) in [6.07, 6.45) is 4.75. The molecular weight excluding hydrogens is 312 g/mol. The SMILES string of the molecule is COc1cc(/C=C/C(=O)OC2CCC(C)(C(=O)O)CC2)ccc1O. The van der Waals surface area contributed by atoms with Crippen LogP contribution in [0, 0.1) is 5.41 Å². The molecule has 130 valence electrons. The first-order chi connectivity index (χ1) is 11.3. The van der Waals surface area contributed by atoms with Gasteiger partial charge in [0, 0.05) is 6.08 Å². The molecule has 0 bridgehead atoms. The Balaban J connectivity index is 1.89. The number of methoxy groups -OCH3 is 1. The third-order valence-electron chi connectivity index (χ3n) is 4.45. The number of phenolic OH excluding ortho intramolecular Hbond substituents is 1. The van der Waals surface area contributed by atoms with Crippen LogP contribution in [0.2, 0.25) is 0 Å². The average molecular weight is 334 g/mol. The van der Waals surface area contributed by atoms with Crippen LogP contribution in [-0.2, 0) is 14.3 Å². The number of carbonyl (C=O) groups is 2. The van der Waals surface area contributed by atoms with Crippen LogP contribution < -0.4 is 4.74 Å². The van der Waals surface area contributed by atoms with E-state index in [9.17, 15) is 19.8 Å². The van der Waals surface area contributed by atoms with Gasteiger partial charge in [0.1, 0.15) is 6.10 Å². The van der Waals surface area contributed by atoms with Crippen molar-refractivity contribution in [2.45, 2.75) is 38.7 Å². The van der Waals surface area contributed by atoms with Crippen molar-refractivity contribution in [1.82, 2.24) is 0 Å². The normalized spacial score (nSPS) is 23.8. The Morgan fingerprint density at radius 1 is 1.29 bits per heavy atom. The molecular formula is C18H22O6. The van der Waals surface area contributed by atoms with Crippen molar-refractivity contribution in [2.24, 2.45) is 5.41 Å². The molecule has 6 nitrogen and oxygen atoms in total. The zero-order chi connectivity index (χ0) is 17.7. The Kier molecular flexibility index (Phi) is 5.49. The zero-order valence-corrected chi connectivity index (χ0v) is 13.8. The van der Waals surface area contributed by atoms with Crippen LogP contribution in [0.4, 0.5) is 0 Å². The first-order valence-corrected chi connectivity index (χ1v) is 7.83. The number of phenols is 1. The Morgan fingerprint density at radius 3 is 2.54 bits per heavy atom. The number of esters is 1. The van der Waals surface area contributed by atoms with Crippen LogP contribution in [0.15, 0.2) is 24.3 Å². The molecule has 0 spiro atoms. The summed E-state index contributed by atoms with van der Waals surface area (Å²) < 4.78 is 10.4. The van der Waals surface area contributed by atoms with Gasteiger partial charge in [-0.1, -0.05) is 6.07 Å². The van der Waals surface area contributed by atoms with Crippen molar-refractivity contribution in [1.29, 1.82) is 0 Å². The zero-order valence-electron chi connectivity index (χ0n) is 13.8. The summed E-state index contributed by atoms with van der Waals surface area (Å²) in [5, 5.41) is 18.7. The lowest BCUT2D eigenvalue weighted by Gasteiger charge is -2.33. The molecule has 0 unspecified atom stereocenters. The van der Waals surface area contributed by atoms with Crippen LogP contribution in [0.1, 0.15) is 38.2 Å². The number of hydrogen-bond donors (Lipinski definition) is 2. The molecule has 1 fully saturated rings. The van der Waals surface area contributed by atoms with Gasteiger partial charge in [-0.15, -0.1) is 0 Å². The van der Waals surface area contributed by atoms with Gasteiger partial charge in [-0.25, -0.2) is 4.79 Å². The van der Waals surface area contributed by atoms with Crippen molar-refractivity contribution in [2.75, 3.05) is 7.11 Å². The monoisotopic (exact) mass is 334 g/mol. The second kappa shape index (κ2) is 7.38. The van der Waals surface area contributed by atoms with E-state index in [-0.39, 0.29) is 11.9 Å². The largest absolute Gasteiger partial charge is 0.504 e. The van der Waals surface area contributed by atoms with E-state index >= 15 is 0 Å². The van der Waals surface area contributed by atoms with Crippen molar-refractivity contribution in [3.8, 4) is 11.5 Å². The topological polar surface area (TPSA) is 93.1 Å². The Morgan fingerprint density at radius 2 is 1.96 bits per heavy atom. The number of rotatable bonds is 5. The minimum atomic E-state index is -0.798. The lowest BCUT2D eigenvalue weighted by molar-refractivity contribution is -0.154. The van der Waals surface area contributed by atoms with Gasteiger partial charge >= 0.3 is 11.9 Å². The van der Waals surface area contributed by atoms with Crippen molar-refractivity contribution >= 4 is 18.0 Å². The predicted molar refractivity (Wildman–Crippen MR) is 87.8 cm³/mol. The first kappa shape index (κ1) is 17.8. The standard InChI is InChI=1S/C18H22O6/c1-18(17(21)22)9-7-13(8-10-18)24-16(20)6-4-12-3-5-14(19)15(11-12)23-2/h3-6,11,13,19H,7-10H2,1-2H3,(H,21,22)/b6-4+. The molecule has 1 aromatic carbocycles. The molecule has 1 aromatic rings. The van der Waals surface area contributed by atoms with E-state index in [1.54, 1.807) is 25.1 Å². The van der Waals surface area contributed by atoms with E-state index < -0.39 is 17.4 Å². The Bertz CT molecular complexity index is 641. The first-order valence-electron chi connectivity index (χ1n) is 7.83. The van der Waals surface area contributed by atoms with E-state index in [0.717, 1.165) is 0 Å². The van der Waals surface area contributed by atoms with Crippen molar-refractivity contribution in [3.63, 3.8) is 0 Å². The van der Waals surface area contributed by atoms with Crippen LogP contribution >= 0.6 is 0 Å². The van der Waals surface area contributed by atoms with Crippen molar-refractivity contribution < 1.29 is 29.3 Å². The van der Waals surface area contributed by atoms with Gasteiger partial charge in [-0.2, -0.15) is 0 Å². The Hall–Kier alpha value is -2.50. The molecule has 2 rings (SSSR count). The fourth-order valence-corrected chi connectivity index (χ4v) is 2.73. The van der Waals surface area contributed by atoms with Gasteiger partial charge in [0.15, 0.2) is 11.5 Å². The maximum Gasteiger partial charge on any atom is 0.331 e. The molecule has 2 N–H and O–H groups in total. The van der Waals surface area contributed by atoms with Gasteiger partial charge in [-0.05, 0) is 56.4 Å². The van der Waals surface area contributed by atoms with Gasteiger partial charge in [0.25, 0.3) is 0 Å². The highest BCUT2D eigenvalue weighted by Crippen LogP contribution is 2.37. The summed E-state index contributed by atoms with van der Waals surface area (Å²) in [5.41, 5.74) is -0.0230. The van der Waals surface area contributed by atoms with E-state index in [0.29, 0.717) is 37.0 Å². The summed E-state index contributed by atoms with van der Waals surface area (Å²) in [6.45, 7) is 1.73. The van der Waals surface area contributed by atoms with E-state index in [4.69, 9.17) is 9.47 Å². The molecule has 0 amide bonds. The number of hydrogen-bond acceptors (Lipinski definition) is 5. The molecule has 0 saturated heterocycles. The third kappa shape index (κ3) is 4.28. The molecule has 0 aliphatic heterocycles. The molecule has 1 aliphatic rings. The highest BCUT2D eigenvalue weighted by molar-refractivity contribution is 5.87. The summed E-state index contributed by atoms with van der Waals surface area (Å²) in [4.78, 5) is 23.1.